The third-order valence-corrected chi connectivity index (χ3v) is 7.83. The average Bonchev–Trinajstić information content (AvgIpc) is 2.94. The average molecular weight is 549 g/mol. The molecular formula is C29H36N6O3S. The minimum atomic E-state index is -0.645. The molecule has 2 aromatic rings. The molecule has 1 aliphatic rings. The first-order valence-electron chi connectivity index (χ1n) is 13.2. The lowest BCUT2D eigenvalue weighted by Gasteiger charge is -2.34. The standard InChI is InChI=1S/C29H36N6O3S/c1-5-23-24(14-30)27(35-12-10-22(11-13-35)38-29(37)26(32)18(2)3)34-28(25(23)15-31)39-17-21-8-6-20(7-9-21)16-33-19(4)36/h6-9,18,22,26H,5,10-13,16-17,32H2,1-4H3,(H,33,36). The summed E-state index contributed by atoms with van der Waals surface area (Å²) in [6, 6.07) is 11.9. The zero-order valence-corrected chi connectivity index (χ0v) is 23.8. The van der Waals surface area contributed by atoms with Crippen molar-refractivity contribution in [3.63, 3.8) is 0 Å². The number of amides is 1. The fourth-order valence-corrected chi connectivity index (χ4v) is 5.31. The summed E-state index contributed by atoms with van der Waals surface area (Å²) >= 11 is 1.47. The maximum Gasteiger partial charge on any atom is 0.323 e. The molecule has 0 saturated carbocycles. The van der Waals surface area contributed by atoms with E-state index >= 15 is 0 Å². The predicted molar refractivity (Wildman–Crippen MR) is 151 cm³/mol. The smallest absolute Gasteiger partial charge is 0.323 e. The highest BCUT2D eigenvalue weighted by molar-refractivity contribution is 7.98. The van der Waals surface area contributed by atoms with Crippen LogP contribution in [0.1, 0.15) is 68.4 Å². The van der Waals surface area contributed by atoms with Gasteiger partial charge in [0, 0.05) is 45.2 Å². The van der Waals surface area contributed by atoms with Gasteiger partial charge in [-0.3, -0.25) is 9.59 Å². The summed E-state index contributed by atoms with van der Waals surface area (Å²) < 4.78 is 5.64. The number of aromatic nitrogens is 1. The van der Waals surface area contributed by atoms with Crippen molar-refractivity contribution in [2.24, 2.45) is 11.7 Å². The fourth-order valence-electron chi connectivity index (χ4n) is 4.35. The Hall–Kier alpha value is -3.60. The summed E-state index contributed by atoms with van der Waals surface area (Å²) in [5.74, 6) is 0.723. The lowest BCUT2D eigenvalue weighted by Crippen LogP contribution is -2.43. The molecule has 9 nitrogen and oxygen atoms in total. The van der Waals surface area contributed by atoms with Crippen LogP contribution in [0, 0.1) is 28.6 Å². The molecule has 1 fully saturated rings. The molecule has 1 aliphatic heterocycles. The van der Waals surface area contributed by atoms with Gasteiger partial charge in [-0.15, -0.1) is 11.8 Å². The number of hydrogen-bond acceptors (Lipinski definition) is 9. The Labute approximate surface area is 234 Å². The molecule has 0 aliphatic carbocycles. The molecule has 0 radical (unpaired) electrons. The van der Waals surface area contributed by atoms with E-state index in [0.717, 1.165) is 11.1 Å². The first-order valence-corrected chi connectivity index (χ1v) is 14.2. The van der Waals surface area contributed by atoms with Gasteiger partial charge in [0.2, 0.25) is 5.91 Å². The maximum absolute atomic E-state index is 12.3. The van der Waals surface area contributed by atoms with Gasteiger partial charge in [-0.2, -0.15) is 10.5 Å². The SMILES string of the molecule is CCc1c(C#N)c(SCc2ccc(CNC(C)=O)cc2)nc(N2CCC(OC(=O)C(N)C(C)C)CC2)c1C#N. The van der Waals surface area contributed by atoms with Crippen LogP contribution in [0.4, 0.5) is 5.82 Å². The van der Waals surface area contributed by atoms with Crippen LogP contribution in [0.2, 0.25) is 0 Å². The molecule has 2 heterocycles. The van der Waals surface area contributed by atoms with Crippen LogP contribution in [-0.4, -0.2) is 42.1 Å². The highest BCUT2D eigenvalue weighted by Crippen LogP contribution is 2.34. The Morgan fingerprint density at radius 2 is 1.77 bits per heavy atom. The molecule has 10 heteroatoms. The van der Waals surface area contributed by atoms with E-state index in [1.54, 1.807) is 0 Å². The van der Waals surface area contributed by atoms with Gasteiger partial charge in [-0.1, -0.05) is 45.0 Å². The minimum absolute atomic E-state index is 0.00341. The second-order valence-electron chi connectivity index (χ2n) is 9.95. The van der Waals surface area contributed by atoms with Gasteiger partial charge in [0.1, 0.15) is 35.1 Å². The zero-order chi connectivity index (χ0) is 28.5. The number of piperidine rings is 1. The number of esters is 1. The lowest BCUT2D eigenvalue weighted by atomic mass is 10.0. The number of benzene rings is 1. The van der Waals surface area contributed by atoms with Crippen molar-refractivity contribution in [3.05, 3.63) is 52.1 Å². The number of thioether (sulfide) groups is 1. The van der Waals surface area contributed by atoms with Gasteiger partial charge in [0.25, 0.3) is 0 Å². The molecule has 39 heavy (non-hydrogen) atoms. The van der Waals surface area contributed by atoms with E-state index in [-0.39, 0.29) is 23.9 Å². The van der Waals surface area contributed by atoms with E-state index in [9.17, 15) is 20.1 Å². The van der Waals surface area contributed by atoms with Crippen molar-refractivity contribution in [2.45, 2.75) is 76.4 Å². The maximum atomic E-state index is 12.3. The van der Waals surface area contributed by atoms with Gasteiger partial charge >= 0.3 is 5.97 Å². The van der Waals surface area contributed by atoms with Crippen molar-refractivity contribution in [2.75, 3.05) is 18.0 Å². The monoisotopic (exact) mass is 548 g/mol. The molecule has 1 unspecified atom stereocenters. The number of pyridine rings is 1. The van der Waals surface area contributed by atoms with Gasteiger partial charge in [-0.25, -0.2) is 4.98 Å². The molecule has 3 N–H and O–H groups in total. The summed E-state index contributed by atoms with van der Waals surface area (Å²) in [4.78, 5) is 30.3. The first-order chi connectivity index (χ1) is 18.7. The molecule has 1 amide bonds. The molecule has 0 bridgehead atoms. The molecular weight excluding hydrogens is 512 g/mol. The number of rotatable bonds is 10. The molecule has 1 aromatic carbocycles. The Morgan fingerprint density at radius 1 is 1.15 bits per heavy atom. The van der Waals surface area contributed by atoms with Crippen molar-refractivity contribution < 1.29 is 14.3 Å². The van der Waals surface area contributed by atoms with Crippen LogP contribution in [0.25, 0.3) is 0 Å². The van der Waals surface area contributed by atoms with Crippen LogP contribution < -0.4 is 16.0 Å². The van der Waals surface area contributed by atoms with Crippen LogP contribution >= 0.6 is 11.8 Å². The summed E-state index contributed by atoms with van der Waals surface area (Å²) in [5, 5.41) is 23.4. The fraction of sp³-hybridized carbons (Fsp3) is 0.483. The van der Waals surface area contributed by atoms with Crippen LogP contribution in [0.3, 0.4) is 0 Å². The molecule has 1 atom stereocenters. The second kappa shape index (κ2) is 14.0. The largest absolute Gasteiger partial charge is 0.461 e. The number of nitrogens with one attached hydrogen (secondary N) is 1. The normalized spacial score (nSPS) is 14.4. The zero-order valence-electron chi connectivity index (χ0n) is 23.0. The van der Waals surface area contributed by atoms with Gasteiger partial charge in [0.05, 0.1) is 11.1 Å². The number of nitrogens with two attached hydrogens (primary N) is 1. The summed E-state index contributed by atoms with van der Waals surface area (Å²) in [6.07, 6.45) is 1.53. The van der Waals surface area contributed by atoms with E-state index in [1.165, 1.54) is 18.7 Å². The Morgan fingerprint density at radius 3 is 2.31 bits per heavy atom. The first kappa shape index (κ1) is 29.9. The lowest BCUT2D eigenvalue weighted by molar-refractivity contribution is -0.152. The molecule has 206 valence electrons. The number of carbonyl (C=O) groups is 2. The highest BCUT2D eigenvalue weighted by atomic mass is 32.2. The number of ether oxygens (including phenoxy) is 1. The Kier molecular flexibility index (Phi) is 10.7. The van der Waals surface area contributed by atoms with E-state index in [2.05, 4.69) is 17.5 Å². The Balaban J connectivity index is 1.77. The predicted octanol–water partition coefficient (Wildman–Crippen LogP) is 3.81. The van der Waals surface area contributed by atoms with Crippen LogP contribution in [-0.2, 0) is 33.0 Å². The second-order valence-corrected chi connectivity index (χ2v) is 10.9. The van der Waals surface area contributed by atoms with E-state index < -0.39 is 6.04 Å². The number of nitriles is 2. The number of carbonyl (C=O) groups excluding carboxylic acids is 2. The third kappa shape index (κ3) is 7.72. The third-order valence-electron chi connectivity index (χ3n) is 6.78. The van der Waals surface area contributed by atoms with Gasteiger partial charge in [0.15, 0.2) is 0 Å². The number of anilines is 1. The van der Waals surface area contributed by atoms with Gasteiger partial charge in [-0.05, 0) is 29.0 Å². The number of hydrogen-bond donors (Lipinski definition) is 2. The van der Waals surface area contributed by atoms with Crippen molar-refractivity contribution >= 4 is 29.5 Å². The van der Waals surface area contributed by atoms with E-state index in [0.29, 0.717) is 72.2 Å². The van der Waals surface area contributed by atoms with Crippen molar-refractivity contribution in [1.29, 1.82) is 10.5 Å². The quantitative estimate of drug-likeness (QED) is 0.334. The minimum Gasteiger partial charge on any atom is -0.461 e. The summed E-state index contributed by atoms with van der Waals surface area (Å²) in [6.45, 7) is 8.82. The van der Waals surface area contributed by atoms with Crippen molar-refractivity contribution in [3.8, 4) is 12.1 Å². The molecule has 3 rings (SSSR count). The van der Waals surface area contributed by atoms with Crippen LogP contribution in [0.5, 0.6) is 0 Å². The molecule has 1 aromatic heterocycles. The van der Waals surface area contributed by atoms with Crippen LogP contribution in [0.15, 0.2) is 29.3 Å². The summed E-state index contributed by atoms with van der Waals surface area (Å²) in [7, 11) is 0. The van der Waals surface area contributed by atoms with Crippen molar-refractivity contribution in [1.82, 2.24) is 10.3 Å². The molecule has 0 spiro atoms. The topological polar surface area (TPSA) is 145 Å². The molecule has 1 saturated heterocycles. The van der Waals surface area contributed by atoms with Gasteiger partial charge < -0.3 is 20.7 Å². The van der Waals surface area contributed by atoms with E-state index in [1.807, 2.05) is 49.9 Å². The number of nitrogens with zero attached hydrogens (tertiary/aromatic N) is 4. The highest BCUT2D eigenvalue weighted by Gasteiger charge is 2.29. The van der Waals surface area contributed by atoms with E-state index in [4.69, 9.17) is 15.5 Å². The summed E-state index contributed by atoms with van der Waals surface area (Å²) in [5.41, 5.74) is 9.57. The Bertz CT molecular complexity index is 1260.